The first-order valence-corrected chi connectivity index (χ1v) is 12.5. The van der Waals surface area contributed by atoms with Gasteiger partial charge in [-0.3, -0.25) is 0 Å². The van der Waals surface area contributed by atoms with Crippen molar-refractivity contribution in [3.05, 3.63) is 23.3 Å². The van der Waals surface area contributed by atoms with E-state index in [4.69, 9.17) is 0 Å². The monoisotopic (exact) mass is 400 g/mol. The van der Waals surface area contributed by atoms with Crippen molar-refractivity contribution in [2.75, 3.05) is 6.61 Å². The molecule has 0 amide bonds. The van der Waals surface area contributed by atoms with Crippen molar-refractivity contribution in [3.63, 3.8) is 0 Å². The Labute approximate surface area is 178 Å². The highest BCUT2D eigenvalue weighted by molar-refractivity contribution is 5.38. The van der Waals surface area contributed by atoms with E-state index < -0.39 is 0 Å². The number of allylic oxidation sites excluding steroid dienone is 4. The van der Waals surface area contributed by atoms with Gasteiger partial charge in [0.25, 0.3) is 0 Å². The smallest absolute Gasteiger partial charge is 0.0587 e. The van der Waals surface area contributed by atoms with Gasteiger partial charge in [0.15, 0.2) is 0 Å². The van der Waals surface area contributed by atoms with Crippen molar-refractivity contribution in [3.8, 4) is 0 Å². The second-order valence-electron chi connectivity index (χ2n) is 11.6. The second kappa shape index (κ2) is 8.15. The third kappa shape index (κ3) is 3.57. The van der Waals surface area contributed by atoms with Gasteiger partial charge in [0.1, 0.15) is 0 Å². The maximum absolute atomic E-state index is 10.3. The maximum Gasteiger partial charge on any atom is 0.0587 e. The van der Waals surface area contributed by atoms with E-state index in [1.807, 2.05) is 6.92 Å². The van der Waals surface area contributed by atoms with Crippen LogP contribution in [0.1, 0.15) is 91.9 Å². The van der Waals surface area contributed by atoms with Gasteiger partial charge in [-0.05, 0) is 92.3 Å². The molecule has 3 fully saturated rings. The molecule has 0 saturated heterocycles. The number of aliphatic hydroxyl groups is 2. The lowest BCUT2D eigenvalue weighted by molar-refractivity contribution is 0.0350. The SMILES string of the molecule is CC(CO)C(O)CC[C@@H](C)[C@H]1CC[C@H]2C3=CC=C4CCCC[C@]4(C)[C@H]3CC[C@]12C. The summed E-state index contributed by atoms with van der Waals surface area (Å²) in [6.45, 7) is 9.64. The Morgan fingerprint density at radius 2 is 1.79 bits per heavy atom. The topological polar surface area (TPSA) is 40.5 Å². The Morgan fingerprint density at radius 3 is 2.55 bits per heavy atom. The Balaban J connectivity index is 1.49. The van der Waals surface area contributed by atoms with Gasteiger partial charge in [-0.15, -0.1) is 0 Å². The van der Waals surface area contributed by atoms with Crippen LogP contribution in [0, 0.1) is 40.4 Å². The maximum atomic E-state index is 10.3. The molecular formula is C27H44O2. The summed E-state index contributed by atoms with van der Waals surface area (Å²) in [5.74, 6) is 2.99. The minimum Gasteiger partial charge on any atom is -0.396 e. The highest BCUT2D eigenvalue weighted by atomic mass is 16.3. The summed E-state index contributed by atoms with van der Waals surface area (Å²) < 4.78 is 0. The molecule has 2 nitrogen and oxygen atoms in total. The van der Waals surface area contributed by atoms with E-state index in [1.54, 1.807) is 11.1 Å². The van der Waals surface area contributed by atoms with Gasteiger partial charge >= 0.3 is 0 Å². The van der Waals surface area contributed by atoms with E-state index in [2.05, 4.69) is 32.9 Å². The average molecular weight is 401 g/mol. The highest BCUT2D eigenvalue weighted by Crippen LogP contribution is 2.66. The van der Waals surface area contributed by atoms with Gasteiger partial charge in [-0.1, -0.05) is 57.4 Å². The number of aliphatic hydroxyl groups excluding tert-OH is 2. The van der Waals surface area contributed by atoms with Crippen LogP contribution in [0.15, 0.2) is 23.3 Å². The highest BCUT2D eigenvalue weighted by Gasteiger charge is 2.56. The zero-order valence-electron chi connectivity index (χ0n) is 19.3. The van der Waals surface area contributed by atoms with Crippen LogP contribution in [0.5, 0.6) is 0 Å². The van der Waals surface area contributed by atoms with E-state index in [0.29, 0.717) is 16.7 Å². The summed E-state index contributed by atoms with van der Waals surface area (Å²) in [7, 11) is 0. The van der Waals surface area contributed by atoms with Crippen LogP contribution in [0.3, 0.4) is 0 Å². The molecule has 0 heterocycles. The van der Waals surface area contributed by atoms with Crippen molar-refractivity contribution in [2.45, 2.75) is 98.0 Å². The lowest BCUT2D eigenvalue weighted by Gasteiger charge is -2.54. The van der Waals surface area contributed by atoms with Gasteiger partial charge < -0.3 is 10.2 Å². The molecule has 164 valence electrons. The summed E-state index contributed by atoms with van der Waals surface area (Å²) in [5.41, 5.74) is 4.43. The lowest BCUT2D eigenvalue weighted by atomic mass is 9.50. The van der Waals surface area contributed by atoms with Crippen LogP contribution in [-0.2, 0) is 0 Å². The first kappa shape index (κ1) is 21.6. The van der Waals surface area contributed by atoms with Crippen molar-refractivity contribution in [1.82, 2.24) is 0 Å². The summed E-state index contributed by atoms with van der Waals surface area (Å²) in [4.78, 5) is 0. The number of hydrogen-bond acceptors (Lipinski definition) is 2. The van der Waals surface area contributed by atoms with Crippen molar-refractivity contribution < 1.29 is 10.2 Å². The second-order valence-corrected chi connectivity index (χ2v) is 11.6. The van der Waals surface area contributed by atoms with Crippen molar-refractivity contribution in [1.29, 1.82) is 0 Å². The molecule has 0 radical (unpaired) electrons. The molecular weight excluding hydrogens is 356 g/mol. The zero-order chi connectivity index (χ0) is 20.8. The average Bonchev–Trinajstić information content (AvgIpc) is 3.08. The molecule has 2 unspecified atom stereocenters. The van der Waals surface area contributed by atoms with Gasteiger partial charge in [-0.2, -0.15) is 0 Å². The Kier molecular flexibility index (Phi) is 6.08. The molecule has 4 aliphatic rings. The van der Waals surface area contributed by atoms with Crippen LogP contribution >= 0.6 is 0 Å². The molecule has 3 saturated carbocycles. The quantitative estimate of drug-likeness (QED) is 0.551. The first-order valence-electron chi connectivity index (χ1n) is 12.5. The number of fused-ring (bicyclic) bond motifs is 5. The molecule has 0 spiro atoms. The van der Waals surface area contributed by atoms with E-state index >= 15 is 0 Å². The van der Waals surface area contributed by atoms with Crippen LogP contribution in [0.25, 0.3) is 0 Å². The van der Waals surface area contributed by atoms with Gasteiger partial charge in [0, 0.05) is 12.5 Å². The summed E-state index contributed by atoms with van der Waals surface area (Å²) in [6.07, 6.45) is 17.6. The molecule has 4 aliphatic carbocycles. The zero-order valence-corrected chi connectivity index (χ0v) is 19.3. The molecule has 0 aromatic rings. The molecule has 2 heteroatoms. The fourth-order valence-corrected chi connectivity index (χ4v) is 8.05. The molecule has 2 N–H and O–H groups in total. The largest absolute Gasteiger partial charge is 0.396 e. The van der Waals surface area contributed by atoms with Gasteiger partial charge in [0.05, 0.1) is 6.10 Å². The Bertz CT molecular complexity index is 663. The minimum absolute atomic E-state index is 0.00540. The van der Waals surface area contributed by atoms with Crippen LogP contribution in [0.4, 0.5) is 0 Å². The fourth-order valence-electron chi connectivity index (χ4n) is 8.05. The first-order chi connectivity index (χ1) is 13.8. The molecule has 0 aromatic carbocycles. The van der Waals surface area contributed by atoms with E-state index in [1.165, 1.54) is 51.4 Å². The van der Waals surface area contributed by atoms with Crippen molar-refractivity contribution >= 4 is 0 Å². The third-order valence-electron chi connectivity index (χ3n) is 10.1. The Morgan fingerprint density at radius 1 is 1.00 bits per heavy atom. The number of rotatable bonds is 6. The summed E-state index contributed by atoms with van der Waals surface area (Å²) >= 11 is 0. The van der Waals surface area contributed by atoms with Gasteiger partial charge in [0.2, 0.25) is 0 Å². The summed E-state index contributed by atoms with van der Waals surface area (Å²) in [6, 6.07) is 0. The molecule has 0 aromatic heterocycles. The van der Waals surface area contributed by atoms with E-state index in [9.17, 15) is 10.2 Å². The number of hydrogen-bond donors (Lipinski definition) is 2. The lowest BCUT2D eigenvalue weighted by Crippen LogP contribution is -2.45. The van der Waals surface area contributed by atoms with E-state index in [0.717, 1.165) is 30.6 Å². The minimum atomic E-state index is -0.362. The molecule has 0 bridgehead atoms. The van der Waals surface area contributed by atoms with E-state index in [-0.39, 0.29) is 18.6 Å². The molecule has 29 heavy (non-hydrogen) atoms. The normalized spacial score (nSPS) is 42.1. The molecule has 4 rings (SSSR count). The molecule has 0 aliphatic heterocycles. The van der Waals surface area contributed by atoms with Crippen LogP contribution < -0.4 is 0 Å². The standard InChI is InChI=1S/C27H44O2/c1-18(8-13-25(29)19(2)17-28)22-11-12-23-21-10-9-20-7-5-6-15-26(20,3)24(21)14-16-27(22,23)4/h9-10,18-19,22-25,28-29H,5-8,11-17H2,1-4H3/t18-,19?,22-,23+,24+,25?,26+,27-/m1/s1. The van der Waals surface area contributed by atoms with Crippen LogP contribution in [0.2, 0.25) is 0 Å². The third-order valence-corrected chi connectivity index (χ3v) is 10.1. The van der Waals surface area contributed by atoms with Gasteiger partial charge in [-0.25, -0.2) is 0 Å². The van der Waals surface area contributed by atoms with Crippen LogP contribution in [-0.4, -0.2) is 22.9 Å². The fraction of sp³-hybridized carbons (Fsp3) is 0.852. The summed E-state index contributed by atoms with van der Waals surface area (Å²) in [5, 5.41) is 19.6. The Hall–Kier alpha value is -0.600. The predicted molar refractivity (Wildman–Crippen MR) is 120 cm³/mol. The molecule has 8 atom stereocenters. The predicted octanol–water partition coefficient (Wildman–Crippen LogP) is 6.28. The van der Waals surface area contributed by atoms with Crippen molar-refractivity contribution in [2.24, 2.45) is 40.4 Å².